The monoisotopic (exact) mass is 300 g/mol. The molecule has 1 rings (SSSR count). The van der Waals surface area contributed by atoms with Gasteiger partial charge in [0.05, 0.1) is 0 Å². The molecule has 2 amide bonds. The third-order valence-electron chi connectivity index (χ3n) is 3.67. The number of hydrogen-bond acceptors (Lipinski definition) is 3. The lowest BCUT2D eigenvalue weighted by atomic mass is 9.98. The summed E-state index contributed by atoms with van der Waals surface area (Å²) in [4.78, 5) is 24.7. The number of amides is 2. The third kappa shape index (κ3) is 7.32. The first-order valence-electron chi connectivity index (χ1n) is 7.99. The van der Waals surface area contributed by atoms with Crippen molar-refractivity contribution in [3.8, 4) is 0 Å². The van der Waals surface area contributed by atoms with Gasteiger partial charge in [0.25, 0.3) is 0 Å². The van der Waals surface area contributed by atoms with Gasteiger partial charge in [-0.05, 0) is 38.5 Å². The van der Waals surface area contributed by atoms with E-state index in [0.29, 0.717) is 19.6 Å². The molecule has 0 aromatic heterocycles. The second-order valence-corrected chi connectivity index (χ2v) is 5.47. The summed E-state index contributed by atoms with van der Waals surface area (Å²) in [6.45, 7) is 4.82. The maximum absolute atomic E-state index is 12.2. The Morgan fingerprint density at radius 2 is 2.14 bits per heavy atom. The minimum Gasteiger partial charge on any atom is -0.481 e. The van der Waals surface area contributed by atoms with Gasteiger partial charge in [-0.25, -0.2) is 4.79 Å². The van der Waals surface area contributed by atoms with Crippen LogP contribution >= 0.6 is 0 Å². The molecule has 6 heteroatoms. The average molecular weight is 300 g/mol. The first kappa shape index (κ1) is 17.8. The van der Waals surface area contributed by atoms with Gasteiger partial charge in [0.15, 0.2) is 0 Å². The number of carboxylic acids is 1. The number of nitrogens with one attached hydrogen (secondary N) is 1. The molecule has 0 aliphatic carbocycles. The van der Waals surface area contributed by atoms with Gasteiger partial charge in [-0.15, -0.1) is 0 Å². The zero-order valence-corrected chi connectivity index (χ0v) is 13.0. The number of likely N-dealkylation sites (tertiary alicyclic amines) is 1. The molecule has 2 N–H and O–H groups in total. The van der Waals surface area contributed by atoms with Gasteiger partial charge in [-0.2, -0.15) is 0 Å². The normalized spacial score (nSPS) is 18.5. The molecule has 0 bridgehead atoms. The fraction of sp³-hybridized carbons (Fsp3) is 0.867. The molecule has 0 aromatic rings. The number of nitrogens with zero attached hydrogens (tertiary/aromatic N) is 1. The number of carbonyl (C=O) groups is 2. The summed E-state index contributed by atoms with van der Waals surface area (Å²) in [5.41, 5.74) is 0. The van der Waals surface area contributed by atoms with Crippen molar-refractivity contribution in [3.63, 3.8) is 0 Å². The Balaban J connectivity index is 2.26. The van der Waals surface area contributed by atoms with E-state index in [0.717, 1.165) is 45.3 Å². The van der Waals surface area contributed by atoms with Crippen LogP contribution in [0.25, 0.3) is 0 Å². The second-order valence-electron chi connectivity index (χ2n) is 5.47. The molecule has 0 aromatic carbocycles. The van der Waals surface area contributed by atoms with E-state index in [9.17, 15) is 9.59 Å². The van der Waals surface area contributed by atoms with Crippen molar-refractivity contribution in [2.24, 2.45) is 0 Å². The molecule has 1 unspecified atom stereocenters. The van der Waals surface area contributed by atoms with Crippen LogP contribution in [-0.2, 0) is 9.53 Å². The summed E-state index contributed by atoms with van der Waals surface area (Å²) in [5, 5.41) is 11.7. The van der Waals surface area contributed by atoms with Gasteiger partial charge >= 0.3 is 12.0 Å². The molecule has 0 radical (unpaired) electrons. The highest BCUT2D eigenvalue weighted by molar-refractivity contribution is 5.74. The number of rotatable bonds is 9. The number of urea groups is 1. The molecule has 21 heavy (non-hydrogen) atoms. The first-order valence-corrected chi connectivity index (χ1v) is 7.99. The van der Waals surface area contributed by atoms with Crippen LogP contribution in [0.5, 0.6) is 0 Å². The maximum Gasteiger partial charge on any atom is 0.317 e. The maximum atomic E-state index is 12.2. The highest BCUT2D eigenvalue weighted by atomic mass is 16.5. The molecular formula is C15H28N2O4. The summed E-state index contributed by atoms with van der Waals surface area (Å²) in [5.74, 6) is -0.797. The topological polar surface area (TPSA) is 78.9 Å². The fourth-order valence-electron chi connectivity index (χ4n) is 2.58. The number of aliphatic carboxylic acids is 1. The molecular weight excluding hydrogens is 272 g/mol. The number of carboxylic acid groups (broad SMARTS) is 1. The van der Waals surface area contributed by atoms with Crippen molar-refractivity contribution in [2.45, 2.75) is 57.9 Å². The van der Waals surface area contributed by atoms with Gasteiger partial charge in [-0.3, -0.25) is 4.79 Å². The van der Waals surface area contributed by atoms with E-state index in [2.05, 4.69) is 12.2 Å². The Labute approximate surface area is 126 Å². The number of hydrogen-bond donors (Lipinski definition) is 2. The highest BCUT2D eigenvalue weighted by Crippen LogP contribution is 2.20. The Morgan fingerprint density at radius 3 is 2.86 bits per heavy atom. The SMILES string of the molecule is CCCOCCCNC(=O)N1CCCCC1CCC(=O)O. The Bertz CT molecular complexity index is 323. The zero-order valence-electron chi connectivity index (χ0n) is 13.0. The van der Waals surface area contributed by atoms with E-state index in [1.807, 2.05) is 0 Å². The molecule has 1 aliphatic rings. The molecule has 1 heterocycles. The standard InChI is InChI=1S/C15H28N2O4/c1-2-11-21-12-5-9-16-15(20)17-10-4-3-6-13(17)7-8-14(18)19/h13H,2-12H2,1H3,(H,16,20)(H,18,19). The van der Waals surface area contributed by atoms with Crippen LogP contribution in [0.2, 0.25) is 0 Å². The average Bonchev–Trinajstić information content (AvgIpc) is 2.48. The van der Waals surface area contributed by atoms with E-state index >= 15 is 0 Å². The quantitative estimate of drug-likeness (QED) is 0.640. The van der Waals surface area contributed by atoms with Crippen molar-refractivity contribution in [1.82, 2.24) is 10.2 Å². The van der Waals surface area contributed by atoms with Crippen LogP contribution in [0.15, 0.2) is 0 Å². The second kappa shape index (κ2) is 10.4. The Hall–Kier alpha value is -1.30. The molecule has 1 atom stereocenters. The van der Waals surface area contributed by atoms with Crippen molar-refractivity contribution in [2.75, 3.05) is 26.3 Å². The fourth-order valence-corrected chi connectivity index (χ4v) is 2.58. The minimum atomic E-state index is -0.797. The molecule has 1 saturated heterocycles. The van der Waals surface area contributed by atoms with Crippen LogP contribution in [-0.4, -0.2) is 54.4 Å². The van der Waals surface area contributed by atoms with Crippen molar-refractivity contribution < 1.29 is 19.4 Å². The Morgan fingerprint density at radius 1 is 1.33 bits per heavy atom. The van der Waals surface area contributed by atoms with E-state index in [-0.39, 0.29) is 18.5 Å². The van der Waals surface area contributed by atoms with E-state index < -0.39 is 5.97 Å². The van der Waals surface area contributed by atoms with Gasteiger partial charge in [0.1, 0.15) is 0 Å². The highest BCUT2D eigenvalue weighted by Gasteiger charge is 2.26. The van der Waals surface area contributed by atoms with Gasteiger partial charge < -0.3 is 20.1 Å². The molecule has 1 aliphatic heterocycles. The third-order valence-corrected chi connectivity index (χ3v) is 3.67. The summed E-state index contributed by atoms with van der Waals surface area (Å²) >= 11 is 0. The predicted molar refractivity (Wildman–Crippen MR) is 80.3 cm³/mol. The molecule has 6 nitrogen and oxygen atoms in total. The molecule has 122 valence electrons. The van der Waals surface area contributed by atoms with E-state index in [1.54, 1.807) is 4.90 Å². The number of carbonyl (C=O) groups excluding carboxylic acids is 1. The predicted octanol–water partition coefficient (Wildman–Crippen LogP) is 2.23. The van der Waals surface area contributed by atoms with Crippen LogP contribution < -0.4 is 5.32 Å². The lowest BCUT2D eigenvalue weighted by Gasteiger charge is -2.35. The molecule has 1 fully saturated rings. The van der Waals surface area contributed by atoms with Crippen LogP contribution in [0.4, 0.5) is 4.79 Å². The van der Waals surface area contributed by atoms with Crippen molar-refractivity contribution in [3.05, 3.63) is 0 Å². The number of ether oxygens (including phenoxy) is 1. The van der Waals surface area contributed by atoms with Crippen LogP contribution in [0.1, 0.15) is 51.9 Å². The Kier molecular flexibility index (Phi) is 8.82. The van der Waals surface area contributed by atoms with Gasteiger partial charge in [0.2, 0.25) is 0 Å². The molecule has 0 spiro atoms. The summed E-state index contributed by atoms with van der Waals surface area (Å²) in [6, 6.07) is -0.00762. The van der Waals surface area contributed by atoms with Gasteiger partial charge in [0, 0.05) is 38.8 Å². The van der Waals surface area contributed by atoms with Crippen molar-refractivity contribution in [1.29, 1.82) is 0 Å². The minimum absolute atomic E-state index is 0.0613. The van der Waals surface area contributed by atoms with Crippen LogP contribution in [0, 0.1) is 0 Å². The lowest BCUT2D eigenvalue weighted by Crippen LogP contribution is -2.49. The summed E-state index contributed by atoms with van der Waals surface area (Å²) < 4.78 is 5.37. The zero-order chi connectivity index (χ0) is 15.5. The smallest absolute Gasteiger partial charge is 0.317 e. The van der Waals surface area contributed by atoms with E-state index in [4.69, 9.17) is 9.84 Å². The first-order chi connectivity index (χ1) is 10.1. The molecule has 0 saturated carbocycles. The van der Waals surface area contributed by atoms with Gasteiger partial charge in [-0.1, -0.05) is 6.92 Å². The number of piperidine rings is 1. The lowest BCUT2D eigenvalue weighted by molar-refractivity contribution is -0.137. The largest absolute Gasteiger partial charge is 0.481 e. The van der Waals surface area contributed by atoms with Crippen LogP contribution in [0.3, 0.4) is 0 Å². The summed E-state index contributed by atoms with van der Waals surface area (Å²) in [6.07, 6.45) is 5.45. The van der Waals surface area contributed by atoms with Crippen molar-refractivity contribution >= 4 is 12.0 Å². The van der Waals surface area contributed by atoms with E-state index in [1.165, 1.54) is 0 Å². The summed E-state index contributed by atoms with van der Waals surface area (Å²) in [7, 11) is 0.